The molecular formula is C16H20O4. The van der Waals surface area contributed by atoms with Gasteiger partial charge in [-0.3, -0.25) is 4.79 Å². The summed E-state index contributed by atoms with van der Waals surface area (Å²) in [5, 5.41) is 0. The highest BCUT2D eigenvalue weighted by Crippen LogP contribution is 2.34. The lowest BCUT2D eigenvalue weighted by atomic mass is 9.82. The van der Waals surface area contributed by atoms with E-state index in [-0.39, 0.29) is 11.9 Å². The molecule has 1 fully saturated rings. The topological polar surface area (TPSA) is 52.6 Å². The van der Waals surface area contributed by atoms with Crippen molar-refractivity contribution < 1.29 is 19.1 Å². The Kier molecular flexibility index (Phi) is 4.77. The number of methoxy groups -OCH3 is 2. The summed E-state index contributed by atoms with van der Waals surface area (Å²) in [7, 11) is 2.75. The molecule has 1 saturated carbocycles. The van der Waals surface area contributed by atoms with Crippen LogP contribution in [0.5, 0.6) is 0 Å². The lowest BCUT2D eigenvalue weighted by Gasteiger charge is -2.23. The average Bonchev–Trinajstić information content (AvgIpc) is 2.53. The van der Waals surface area contributed by atoms with E-state index < -0.39 is 5.92 Å². The minimum absolute atomic E-state index is 0.283. The van der Waals surface area contributed by atoms with Crippen LogP contribution in [-0.4, -0.2) is 26.2 Å². The van der Waals surface area contributed by atoms with Gasteiger partial charge in [-0.05, 0) is 37.3 Å². The Labute approximate surface area is 119 Å². The number of carbonyl (C=O) groups is 2. The highest BCUT2D eigenvalue weighted by molar-refractivity contribution is 5.94. The second kappa shape index (κ2) is 6.55. The Bertz CT molecular complexity index is 489. The second-order valence-corrected chi connectivity index (χ2v) is 5.07. The Morgan fingerprint density at radius 1 is 1.10 bits per heavy atom. The lowest BCUT2D eigenvalue weighted by molar-refractivity contribution is -0.142. The molecule has 0 bridgehead atoms. The molecule has 4 nitrogen and oxygen atoms in total. The first-order valence-corrected chi connectivity index (χ1v) is 6.95. The van der Waals surface area contributed by atoms with Crippen molar-refractivity contribution in [2.45, 2.75) is 32.1 Å². The minimum atomic E-state index is -0.401. The highest BCUT2D eigenvalue weighted by atomic mass is 16.5. The van der Waals surface area contributed by atoms with Gasteiger partial charge < -0.3 is 9.47 Å². The maximum atomic E-state index is 11.9. The molecule has 0 radical (unpaired) electrons. The molecule has 4 heteroatoms. The number of carbonyl (C=O) groups excluding carboxylic acids is 2. The Morgan fingerprint density at radius 3 is 2.40 bits per heavy atom. The van der Waals surface area contributed by atoms with Crippen molar-refractivity contribution >= 4 is 11.9 Å². The molecule has 0 amide bonds. The Morgan fingerprint density at radius 2 is 1.80 bits per heavy atom. The van der Waals surface area contributed by atoms with Gasteiger partial charge in [-0.15, -0.1) is 0 Å². The molecule has 2 aliphatic carbocycles. The first kappa shape index (κ1) is 14.6. The molecular weight excluding hydrogens is 256 g/mol. The van der Waals surface area contributed by atoms with E-state index in [2.05, 4.69) is 0 Å². The zero-order chi connectivity index (χ0) is 14.5. The van der Waals surface area contributed by atoms with Gasteiger partial charge in [-0.25, -0.2) is 4.79 Å². The Balaban J connectivity index is 2.38. The van der Waals surface area contributed by atoms with Gasteiger partial charge in [-0.2, -0.15) is 0 Å². The fourth-order valence-electron chi connectivity index (χ4n) is 2.78. The molecule has 0 N–H and O–H groups in total. The van der Waals surface area contributed by atoms with Gasteiger partial charge in [0.15, 0.2) is 0 Å². The Hall–Kier alpha value is -1.84. The number of rotatable bonds is 2. The van der Waals surface area contributed by atoms with E-state index in [0.29, 0.717) is 5.57 Å². The molecule has 2 rings (SSSR count). The van der Waals surface area contributed by atoms with E-state index in [1.54, 1.807) is 18.2 Å². The quantitative estimate of drug-likeness (QED) is 0.728. The van der Waals surface area contributed by atoms with E-state index in [1.165, 1.54) is 26.2 Å². The van der Waals surface area contributed by atoms with Crippen LogP contribution in [0.25, 0.3) is 0 Å². The fraction of sp³-hybridized carbons (Fsp3) is 0.500. The summed E-state index contributed by atoms with van der Waals surface area (Å²) in [6.45, 7) is 0. The van der Waals surface area contributed by atoms with Crippen LogP contribution in [0.4, 0.5) is 0 Å². The van der Waals surface area contributed by atoms with Gasteiger partial charge in [-0.1, -0.05) is 24.1 Å². The first-order valence-electron chi connectivity index (χ1n) is 6.95. The largest absolute Gasteiger partial charge is 0.468 e. The molecule has 0 aromatic heterocycles. The van der Waals surface area contributed by atoms with Gasteiger partial charge in [0.25, 0.3) is 0 Å². The number of ether oxygens (including phenoxy) is 2. The van der Waals surface area contributed by atoms with Gasteiger partial charge >= 0.3 is 11.9 Å². The SMILES string of the molecule is COC(=O)C1=CC(=C2CCCCC2)C(C(=O)OC)C=C1. The van der Waals surface area contributed by atoms with E-state index in [9.17, 15) is 9.59 Å². The standard InChI is InChI=1S/C16H20O4/c1-19-15(17)12-8-9-13(16(18)20-2)14(10-12)11-6-4-3-5-7-11/h8-10,13H,3-7H2,1-2H3. The van der Waals surface area contributed by atoms with Gasteiger partial charge in [0.05, 0.1) is 19.8 Å². The summed E-state index contributed by atoms with van der Waals surface area (Å²) in [4.78, 5) is 23.6. The number of hydrogen-bond donors (Lipinski definition) is 0. The molecule has 0 saturated heterocycles. The zero-order valence-electron chi connectivity index (χ0n) is 12.0. The van der Waals surface area contributed by atoms with Gasteiger partial charge in [0.1, 0.15) is 5.92 Å². The van der Waals surface area contributed by atoms with Gasteiger partial charge in [0, 0.05) is 0 Å². The summed E-state index contributed by atoms with van der Waals surface area (Å²) >= 11 is 0. The predicted molar refractivity (Wildman–Crippen MR) is 74.9 cm³/mol. The normalized spacial score (nSPS) is 22.3. The van der Waals surface area contributed by atoms with Crippen LogP contribution in [0.1, 0.15) is 32.1 Å². The molecule has 1 unspecified atom stereocenters. The zero-order valence-corrected chi connectivity index (χ0v) is 12.0. The van der Waals surface area contributed by atoms with Crippen molar-refractivity contribution in [1.82, 2.24) is 0 Å². The first-order chi connectivity index (χ1) is 9.67. The van der Waals surface area contributed by atoms with Crippen molar-refractivity contribution in [2.24, 2.45) is 5.92 Å². The minimum Gasteiger partial charge on any atom is -0.468 e. The molecule has 20 heavy (non-hydrogen) atoms. The van der Waals surface area contributed by atoms with E-state index in [4.69, 9.17) is 9.47 Å². The predicted octanol–water partition coefficient (Wildman–Crippen LogP) is 2.71. The molecule has 0 heterocycles. The third-order valence-corrected chi connectivity index (χ3v) is 3.86. The summed E-state index contributed by atoms with van der Waals surface area (Å²) in [6, 6.07) is 0. The van der Waals surface area contributed by atoms with Crippen molar-refractivity contribution in [3.05, 3.63) is 34.9 Å². The third-order valence-electron chi connectivity index (χ3n) is 3.86. The fourth-order valence-corrected chi connectivity index (χ4v) is 2.78. The summed E-state index contributed by atoms with van der Waals surface area (Å²) in [6.07, 6.45) is 10.6. The van der Waals surface area contributed by atoms with Crippen molar-refractivity contribution in [3.63, 3.8) is 0 Å². The maximum absolute atomic E-state index is 11.9. The van der Waals surface area contributed by atoms with Gasteiger partial charge in [0.2, 0.25) is 0 Å². The van der Waals surface area contributed by atoms with E-state index >= 15 is 0 Å². The third kappa shape index (κ3) is 3.00. The van der Waals surface area contributed by atoms with Crippen molar-refractivity contribution in [1.29, 1.82) is 0 Å². The monoisotopic (exact) mass is 276 g/mol. The van der Waals surface area contributed by atoms with E-state index in [0.717, 1.165) is 31.3 Å². The number of hydrogen-bond acceptors (Lipinski definition) is 4. The van der Waals surface area contributed by atoms with Crippen LogP contribution in [0.15, 0.2) is 34.9 Å². The summed E-state index contributed by atoms with van der Waals surface area (Å²) < 4.78 is 9.61. The van der Waals surface area contributed by atoms with Crippen LogP contribution in [-0.2, 0) is 19.1 Å². The van der Waals surface area contributed by atoms with Crippen molar-refractivity contribution in [2.75, 3.05) is 14.2 Å². The maximum Gasteiger partial charge on any atom is 0.337 e. The molecule has 0 aliphatic heterocycles. The van der Waals surface area contributed by atoms with Crippen LogP contribution < -0.4 is 0 Å². The number of allylic oxidation sites excluding steroid dienone is 2. The molecule has 108 valence electrons. The summed E-state index contributed by atoms with van der Waals surface area (Å²) in [5.74, 6) is -1.06. The molecule has 0 aromatic rings. The van der Waals surface area contributed by atoms with E-state index in [1.807, 2.05) is 0 Å². The lowest BCUT2D eigenvalue weighted by Crippen LogP contribution is -2.21. The molecule has 2 aliphatic rings. The average molecular weight is 276 g/mol. The van der Waals surface area contributed by atoms with Crippen LogP contribution >= 0.6 is 0 Å². The smallest absolute Gasteiger partial charge is 0.337 e. The summed E-state index contributed by atoms with van der Waals surface area (Å²) in [5.41, 5.74) is 2.66. The van der Waals surface area contributed by atoms with Crippen LogP contribution in [0.3, 0.4) is 0 Å². The molecule has 1 atom stereocenters. The number of esters is 2. The van der Waals surface area contributed by atoms with Crippen molar-refractivity contribution in [3.8, 4) is 0 Å². The second-order valence-electron chi connectivity index (χ2n) is 5.07. The molecule has 0 spiro atoms. The van der Waals surface area contributed by atoms with Crippen LogP contribution in [0.2, 0.25) is 0 Å². The van der Waals surface area contributed by atoms with Crippen LogP contribution in [0, 0.1) is 5.92 Å². The highest BCUT2D eigenvalue weighted by Gasteiger charge is 2.27. The molecule has 0 aromatic carbocycles.